The Morgan fingerprint density at radius 3 is 2.86 bits per heavy atom. The van der Waals surface area contributed by atoms with Crippen LogP contribution in [0.25, 0.3) is 0 Å². The highest BCUT2D eigenvalue weighted by atomic mass is 16.5. The zero-order valence-electron chi connectivity index (χ0n) is 17.4. The summed E-state index contributed by atoms with van der Waals surface area (Å²) in [5.41, 5.74) is 5.58. The monoisotopic (exact) mass is 373 g/mol. The van der Waals surface area contributed by atoms with E-state index >= 15 is 0 Å². The minimum atomic E-state index is 0.346. The van der Waals surface area contributed by atoms with Crippen LogP contribution in [0.1, 0.15) is 68.3 Å². The number of fused-ring (bicyclic) bond motifs is 3. The molecule has 146 valence electrons. The second-order valence-electron chi connectivity index (χ2n) is 8.53. The van der Waals surface area contributed by atoms with Gasteiger partial charge >= 0.3 is 0 Å². The second-order valence-corrected chi connectivity index (χ2v) is 8.53. The molecular formula is C26H31NO. The lowest BCUT2D eigenvalue weighted by Gasteiger charge is -2.50. The first-order chi connectivity index (χ1) is 13.6. The summed E-state index contributed by atoms with van der Waals surface area (Å²) in [6.45, 7) is 6.94. The molecule has 2 aliphatic rings. The molecule has 1 heterocycles. The summed E-state index contributed by atoms with van der Waals surface area (Å²) < 4.78 is 6.09. The van der Waals surface area contributed by atoms with E-state index in [1.807, 2.05) is 26.1 Å². The smallest absolute Gasteiger partial charge is 0.120 e. The fraction of sp³-hybridized carbons (Fsp3) is 0.500. The molecule has 0 amide bonds. The number of aromatic nitrogens is 1. The van der Waals surface area contributed by atoms with Crippen molar-refractivity contribution in [3.8, 4) is 17.6 Å². The number of hydrogen-bond donors (Lipinski definition) is 0. The predicted octanol–water partition coefficient (Wildman–Crippen LogP) is 6.00. The van der Waals surface area contributed by atoms with Gasteiger partial charge in [-0.05, 0) is 93.0 Å². The number of benzene rings is 1. The van der Waals surface area contributed by atoms with E-state index in [-0.39, 0.29) is 0 Å². The zero-order valence-corrected chi connectivity index (χ0v) is 17.4. The lowest BCUT2D eigenvalue weighted by molar-refractivity contribution is 0.132. The van der Waals surface area contributed by atoms with Gasteiger partial charge in [0.2, 0.25) is 0 Å². The van der Waals surface area contributed by atoms with Crippen molar-refractivity contribution in [2.24, 2.45) is 11.8 Å². The maximum atomic E-state index is 6.09. The molecule has 1 aromatic heterocycles. The maximum Gasteiger partial charge on any atom is 0.120 e. The molecule has 3 unspecified atom stereocenters. The van der Waals surface area contributed by atoms with Crippen molar-refractivity contribution >= 4 is 0 Å². The summed E-state index contributed by atoms with van der Waals surface area (Å²) in [7, 11) is 0. The average Bonchev–Trinajstić information content (AvgIpc) is 2.73. The first-order valence-corrected chi connectivity index (χ1v) is 10.7. The van der Waals surface area contributed by atoms with Gasteiger partial charge in [-0.3, -0.25) is 4.98 Å². The highest BCUT2D eigenvalue weighted by Crippen LogP contribution is 2.53. The molecule has 1 saturated carbocycles. The van der Waals surface area contributed by atoms with Crippen LogP contribution in [0.2, 0.25) is 0 Å². The highest BCUT2D eigenvalue weighted by Gasteiger charge is 2.46. The summed E-state index contributed by atoms with van der Waals surface area (Å²) >= 11 is 0. The summed E-state index contributed by atoms with van der Waals surface area (Å²) in [4.78, 5) is 4.36. The number of hydrogen-bond acceptors (Lipinski definition) is 2. The number of pyridine rings is 1. The Morgan fingerprint density at radius 2 is 2.11 bits per heavy atom. The van der Waals surface area contributed by atoms with Crippen LogP contribution in [0.5, 0.6) is 5.75 Å². The fourth-order valence-corrected chi connectivity index (χ4v) is 5.50. The third-order valence-electron chi connectivity index (χ3n) is 7.02. The van der Waals surface area contributed by atoms with E-state index in [0.29, 0.717) is 17.9 Å². The van der Waals surface area contributed by atoms with Gasteiger partial charge in [-0.25, -0.2) is 0 Å². The van der Waals surface area contributed by atoms with Gasteiger partial charge in [0.15, 0.2) is 0 Å². The van der Waals surface area contributed by atoms with E-state index in [2.05, 4.69) is 48.0 Å². The largest absolute Gasteiger partial charge is 0.489 e. The Morgan fingerprint density at radius 1 is 1.21 bits per heavy atom. The van der Waals surface area contributed by atoms with Gasteiger partial charge in [0.25, 0.3) is 0 Å². The van der Waals surface area contributed by atoms with Gasteiger partial charge in [0, 0.05) is 23.4 Å². The van der Waals surface area contributed by atoms with E-state index < -0.39 is 0 Å². The van der Waals surface area contributed by atoms with Crippen molar-refractivity contribution in [3.63, 3.8) is 0 Å². The van der Waals surface area contributed by atoms with Crippen molar-refractivity contribution in [1.82, 2.24) is 4.98 Å². The van der Waals surface area contributed by atoms with Crippen molar-refractivity contribution in [3.05, 3.63) is 58.9 Å². The third-order valence-corrected chi connectivity index (χ3v) is 7.02. The van der Waals surface area contributed by atoms with Crippen molar-refractivity contribution in [1.29, 1.82) is 0 Å². The molecule has 2 aliphatic carbocycles. The normalized spacial score (nSPS) is 25.8. The van der Waals surface area contributed by atoms with E-state index in [4.69, 9.17) is 4.74 Å². The van der Waals surface area contributed by atoms with Gasteiger partial charge in [0.1, 0.15) is 12.4 Å². The van der Waals surface area contributed by atoms with Crippen molar-refractivity contribution < 1.29 is 4.74 Å². The Hall–Kier alpha value is -2.27. The molecule has 28 heavy (non-hydrogen) atoms. The van der Waals surface area contributed by atoms with Crippen LogP contribution in [0.3, 0.4) is 0 Å². The SMILES string of the molecule is CC#CC1CCC2(CC)c3ccc(OCc4ccc(C)nc4)cc3CCC2C1. The van der Waals surface area contributed by atoms with Crippen LogP contribution in [-0.2, 0) is 18.4 Å². The van der Waals surface area contributed by atoms with Crippen LogP contribution < -0.4 is 4.74 Å². The second kappa shape index (κ2) is 8.00. The first kappa shape index (κ1) is 19.1. The maximum absolute atomic E-state index is 6.09. The van der Waals surface area contributed by atoms with E-state index in [1.165, 1.54) is 37.7 Å². The minimum Gasteiger partial charge on any atom is -0.489 e. The summed E-state index contributed by atoms with van der Waals surface area (Å²) in [6.07, 6.45) is 9.37. The molecule has 0 saturated heterocycles. The van der Waals surface area contributed by atoms with Crippen LogP contribution in [-0.4, -0.2) is 4.98 Å². The van der Waals surface area contributed by atoms with Crippen molar-refractivity contribution in [2.45, 2.75) is 71.3 Å². The van der Waals surface area contributed by atoms with E-state index in [0.717, 1.165) is 29.3 Å². The molecule has 1 fully saturated rings. The average molecular weight is 374 g/mol. The molecule has 1 aromatic carbocycles. The molecular weight excluding hydrogens is 342 g/mol. The summed E-state index contributed by atoms with van der Waals surface area (Å²) in [6, 6.07) is 11.0. The Labute approximate surface area is 169 Å². The van der Waals surface area contributed by atoms with Crippen molar-refractivity contribution in [2.75, 3.05) is 0 Å². The van der Waals surface area contributed by atoms with Crippen LogP contribution in [0.4, 0.5) is 0 Å². The Balaban J connectivity index is 1.53. The highest BCUT2D eigenvalue weighted by molar-refractivity contribution is 5.43. The fourth-order valence-electron chi connectivity index (χ4n) is 5.50. The van der Waals surface area contributed by atoms with E-state index in [1.54, 1.807) is 5.56 Å². The van der Waals surface area contributed by atoms with Crippen LogP contribution in [0.15, 0.2) is 36.5 Å². The molecule has 4 rings (SSSR count). The molecule has 2 aromatic rings. The molecule has 2 heteroatoms. The predicted molar refractivity (Wildman–Crippen MR) is 114 cm³/mol. The minimum absolute atomic E-state index is 0.346. The number of rotatable bonds is 4. The molecule has 0 N–H and O–H groups in total. The molecule has 0 spiro atoms. The quantitative estimate of drug-likeness (QED) is 0.613. The van der Waals surface area contributed by atoms with Gasteiger partial charge in [-0.15, -0.1) is 11.8 Å². The van der Waals surface area contributed by atoms with Gasteiger partial charge in [-0.2, -0.15) is 0 Å². The summed E-state index contributed by atoms with van der Waals surface area (Å²) in [5.74, 6) is 8.96. The van der Waals surface area contributed by atoms with Crippen LogP contribution >= 0.6 is 0 Å². The van der Waals surface area contributed by atoms with Gasteiger partial charge in [0.05, 0.1) is 0 Å². The summed E-state index contributed by atoms with van der Waals surface area (Å²) in [5, 5.41) is 0. The standard InChI is InChI=1S/C26H31NO/c1-4-6-20-13-14-26(5-2)23(15-20)10-9-22-16-24(11-12-25(22)26)28-18-21-8-7-19(3)27-17-21/h7-8,11-12,16-17,20,23H,5,9-10,13-15,18H2,1-3H3. The third kappa shape index (κ3) is 3.55. The molecule has 0 bridgehead atoms. The Bertz CT molecular complexity index is 889. The van der Waals surface area contributed by atoms with Crippen LogP contribution in [0, 0.1) is 30.6 Å². The lowest BCUT2D eigenvalue weighted by Crippen LogP contribution is -2.43. The Kier molecular flexibility index (Phi) is 5.44. The van der Waals surface area contributed by atoms with Gasteiger partial charge < -0.3 is 4.74 Å². The lowest BCUT2D eigenvalue weighted by atomic mass is 9.54. The first-order valence-electron chi connectivity index (χ1n) is 10.7. The molecule has 0 radical (unpaired) electrons. The van der Waals surface area contributed by atoms with E-state index in [9.17, 15) is 0 Å². The molecule has 2 nitrogen and oxygen atoms in total. The number of aryl methyl sites for hydroxylation is 2. The molecule has 0 aliphatic heterocycles. The molecule has 3 atom stereocenters. The van der Waals surface area contributed by atoms with Gasteiger partial charge in [-0.1, -0.05) is 19.1 Å². The number of ether oxygens (including phenoxy) is 1. The number of nitrogens with zero attached hydrogens (tertiary/aromatic N) is 1. The topological polar surface area (TPSA) is 22.1 Å². The zero-order chi connectivity index (χ0) is 19.6.